The summed E-state index contributed by atoms with van der Waals surface area (Å²) in [6.45, 7) is 8.20. The van der Waals surface area contributed by atoms with Crippen LogP contribution in [0.2, 0.25) is 0 Å². The van der Waals surface area contributed by atoms with Crippen LogP contribution >= 0.6 is 0 Å². The molecule has 1 saturated heterocycles. The molecule has 2 aromatic rings. The molecule has 1 aliphatic heterocycles. The summed E-state index contributed by atoms with van der Waals surface area (Å²) in [7, 11) is 0. The topological polar surface area (TPSA) is 61.6 Å². The highest BCUT2D eigenvalue weighted by molar-refractivity contribution is 5.91. The van der Waals surface area contributed by atoms with E-state index in [0.717, 1.165) is 32.6 Å². The maximum Gasteiger partial charge on any atom is 0.239 e. The van der Waals surface area contributed by atoms with E-state index < -0.39 is 0 Å². The molecule has 0 saturated carbocycles. The summed E-state index contributed by atoms with van der Waals surface area (Å²) in [6.07, 6.45) is 1.06. The highest BCUT2D eigenvalue weighted by Gasteiger charge is 2.22. The van der Waals surface area contributed by atoms with Crippen LogP contribution in [0, 0.1) is 6.92 Å². The van der Waals surface area contributed by atoms with E-state index in [1.54, 1.807) is 13.0 Å². The molecule has 1 fully saturated rings. The van der Waals surface area contributed by atoms with E-state index in [-0.39, 0.29) is 5.91 Å². The van der Waals surface area contributed by atoms with Gasteiger partial charge in [-0.3, -0.25) is 14.6 Å². The van der Waals surface area contributed by atoms with Gasteiger partial charge in [-0.2, -0.15) is 0 Å². The van der Waals surface area contributed by atoms with Crippen molar-refractivity contribution in [2.24, 2.45) is 0 Å². The zero-order valence-corrected chi connectivity index (χ0v) is 14.9. The molecule has 6 heteroatoms. The van der Waals surface area contributed by atoms with Crippen molar-refractivity contribution in [1.29, 1.82) is 0 Å². The maximum absolute atomic E-state index is 12.2. The number of benzene rings is 1. The van der Waals surface area contributed by atoms with Gasteiger partial charge in [0.05, 0.1) is 6.54 Å². The van der Waals surface area contributed by atoms with Crippen LogP contribution in [0.5, 0.6) is 0 Å². The lowest BCUT2D eigenvalue weighted by Crippen LogP contribution is -2.37. The molecule has 6 nitrogen and oxygen atoms in total. The summed E-state index contributed by atoms with van der Waals surface area (Å²) >= 11 is 0. The SMILES string of the molecule is Cc1cc(NC(=O)CN2CCC(C)N(Cc3ccccc3)CC2)no1. The van der Waals surface area contributed by atoms with Gasteiger partial charge < -0.3 is 9.84 Å². The van der Waals surface area contributed by atoms with E-state index >= 15 is 0 Å². The van der Waals surface area contributed by atoms with Crippen LogP contribution in [-0.2, 0) is 11.3 Å². The van der Waals surface area contributed by atoms with Crippen molar-refractivity contribution in [2.45, 2.75) is 32.9 Å². The van der Waals surface area contributed by atoms with Gasteiger partial charge in [-0.15, -0.1) is 0 Å². The van der Waals surface area contributed by atoms with Gasteiger partial charge in [0.15, 0.2) is 5.82 Å². The summed E-state index contributed by atoms with van der Waals surface area (Å²) in [5.74, 6) is 1.13. The van der Waals surface area contributed by atoms with Crippen LogP contribution in [0.3, 0.4) is 0 Å². The number of amides is 1. The molecule has 0 bridgehead atoms. The predicted molar refractivity (Wildman–Crippen MR) is 97.2 cm³/mol. The van der Waals surface area contributed by atoms with Crippen molar-refractivity contribution in [3.63, 3.8) is 0 Å². The molecule has 1 aromatic carbocycles. The van der Waals surface area contributed by atoms with Gasteiger partial charge in [0.1, 0.15) is 5.76 Å². The Morgan fingerprint density at radius 1 is 1.28 bits per heavy atom. The number of rotatable bonds is 5. The number of nitrogens with one attached hydrogen (secondary N) is 1. The molecule has 0 radical (unpaired) electrons. The van der Waals surface area contributed by atoms with Crippen molar-refractivity contribution in [3.8, 4) is 0 Å². The number of aromatic nitrogens is 1. The van der Waals surface area contributed by atoms with E-state index in [9.17, 15) is 4.79 Å². The number of hydrogen-bond donors (Lipinski definition) is 1. The van der Waals surface area contributed by atoms with Crippen molar-refractivity contribution < 1.29 is 9.32 Å². The zero-order chi connectivity index (χ0) is 17.6. The molecule has 1 aromatic heterocycles. The Hall–Kier alpha value is -2.18. The largest absolute Gasteiger partial charge is 0.360 e. The Bertz CT molecular complexity index is 686. The van der Waals surface area contributed by atoms with Crippen molar-refractivity contribution in [3.05, 3.63) is 47.7 Å². The van der Waals surface area contributed by atoms with Crippen LogP contribution < -0.4 is 5.32 Å². The fourth-order valence-corrected chi connectivity index (χ4v) is 3.18. The van der Waals surface area contributed by atoms with Gasteiger partial charge in [0.25, 0.3) is 0 Å². The second-order valence-electron chi connectivity index (χ2n) is 6.74. The van der Waals surface area contributed by atoms with E-state index in [1.165, 1.54) is 5.56 Å². The number of carbonyl (C=O) groups excluding carboxylic acids is 1. The van der Waals surface area contributed by atoms with Gasteiger partial charge in [-0.1, -0.05) is 35.5 Å². The molecular formula is C19H26N4O2. The minimum atomic E-state index is -0.0440. The minimum absolute atomic E-state index is 0.0440. The molecule has 1 atom stereocenters. The Morgan fingerprint density at radius 2 is 2.08 bits per heavy atom. The maximum atomic E-state index is 12.2. The molecule has 1 amide bonds. The molecule has 3 rings (SSSR count). The third-order valence-corrected chi connectivity index (χ3v) is 4.68. The number of nitrogens with zero attached hydrogens (tertiary/aromatic N) is 3. The summed E-state index contributed by atoms with van der Waals surface area (Å²) in [5, 5.41) is 6.60. The number of carbonyl (C=O) groups is 1. The lowest BCUT2D eigenvalue weighted by molar-refractivity contribution is -0.117. The average Bonchev–Trinajstić information content (AvgIpc) is 2.93. The van der Waals surface area contributed by atoms with Crippen LogP contribution in [0.1, 0.15) is 24.7 Å². The Kier molecular flexibility index (Phi) is 5.83. The van der Waals surface area contributed by atoms with E-state index in [4.69, 9.17) is 4.52 Å². The first kappa shape index (κ1) is 17.6. The van der Waals surface area contributed by atoms with Gasteiger partial charge in [0.2, 0.25) is 5.91 Å². The Morgan fingerprint density at radius 3 is 2.80 bits per heavy atom. The average molecular weight is 342 g/mol. The highest BCUT2D eigenvalue weighted by atomic mass is 16.5. The van der Waals surface area contributed by atoms with E-state index in [2.05, 4.69) is 51.5 Å². The second-order valence-corrected chi connectivity index (χ2v) is 6.74. The Labute approximate surface area is 148 Å². The van der Waals surface area contributed by atoms with Crippen molar-refractivity contribution >= 4 is 11.7 Å². The first-order valence-electron chi connectivity index (χ1n) is 8.83. The summed E-state index contributed by atoms with van der Waals surface area (Å²) in [5.41, 5.74) is 1.34. The first-order chi connectivity index (χ1) is 12.1. The summed E-state index contributed by atoms with van der Waals surface area (Å²) < 4.78 is 4.98. The van der Waals surface area contributed by atoms with Crippen LogP contribution in [-0.4, -0.2) is 53.1 Å². The zero-order valence-electron chi connectivity index (χ0n) is 14.9. The van der Waals surface area contributed by atoms with E-state index in [0.29, 0.717) is 24.2 Å². The first-order valence-corrected chi connectivity index (χ1v) is 8.83. The predicted octanol–water partition coefficient (Wildman–Crippen LogP) is 2.52. The lowest BCUT2D eigenvalue weighted by atomic mass is 10.1. The molecule has 25 heavy (non-hydrogen) atoms. The second kappa shape index (κ2) is 8.27. The lowest BCUT2D eigenvalue weighted by Gasteiger charge is -2.26. The van der Waals surface area contributed by atoms with Crippen molar-refractivity contribution in [2.75, 3.05) is 31.5 Å². The molecule has 134 valence electrons. The molecule has 2 heterocycles. The van der Waals surface area contributed by atoms with Gasteiger partial charge in [-0.05, 0) is 25.8 Å². The third kappa shape index (κ3) is 5.14. The molecular weight excluding hydrogens is 316 g/mol. The standard InChI is InChI=1S/C19H26N4O2/c1-15-8-9-22(14-19(24)20-18-12-16(2)25-21-18)10-11-23(15)13-17-6-4-3-5-7-17/h3-7,12,15H,8-11,13-14H2,1-2H3,(H,20,21,24). The third-order valence-electron chi connectivity index (χ3n) is 4.68. The smallest absolute Gasteiger partial charge is 0.239 e. The van der Waals surface area contributed by atoms with Gasteiger partial charge in [0, 0.05) is 38.3 Å². The normalized spacial score (nSPS) is 19.5. The Balaban J connectivity index is 1.51. The monoisotopic (exact) mass is 342 g/mol. The van der Waals surface area contributed by atoms with Crippen LogP contribution in [0.4, 0.5) is 5.82 Å². The molecule has 1 aliphatic rings. The van der Waals surface area contributed by atoms with Crippen molar-refractivity contribution in [1.82, 2.24) is 15.0 Å². The fraction of sp³-hybridized carbons (Fsp3) is 0.474. The molecule has 1 unspecified atom stereocenters. The van der Waals surface area contributed by atoms with E-state index in [1.807, 2.05) is 6.07 Å². The highest BCUT2D eigenvalue weighted by Crippen LogP contribution is 2.15. The summed E-state index contributed by atoms with van der Waals surface area (Å²) in [6, 6.07) is 12.8. The number of hydrogen-bond acceptors (Lipinski definition) is 5. The molecule has 0 aliphatic carbocycles. The fourth-order valence-electron chi connectivity index (χ4n) is 3.18. The summed E-state index contributed by atoms with van der Waals surface area (Å²) in [4.78, 5) is 16.9. The molecule has 1 N–H and O–H groups in total. The van der Waals surface area contributed by atoms with Gasteiger partial charge >= 0.3 is 0 Å². The number of aryl methyl sites for hydroxylation is 1. The number of anilines is 1. The van der Waals surface area contributed by atoms with Crippen LogP contribution in [0.25, 0.3) is 0 Å². The quantitative estimate of drug-likeness (QED) is 0.905. The van der Waals surface area contributed by atoms with Crippen LogP contribution in [0.15, 0.2) is 40.9 Å². The van der Waals surface area contributed by atoms with Gasteiger partial charge in [-0.25, -0.2) is 0 Å². The minimum Gasteiger partial charge on any atom is -0.360 e. The molecule has 0 spiro atoms.